The van der Waals surface area contributed by atoms with Gasteiger partial charge in [0.15, 0.2) is 0 Å². The summed E-state index contributed by atoms with van der Waals surface area (Å²) in [5, 5.41) is 0. The van der Waals surface area contributed by atoms with E-state index in [0.29, 0.717) is 0 Å². The molecule has 1 aromatic carbocycles. The normalized spacial score (nSPS) is 8.60. The minimum atomic E-state index is -0.547. The van der Waals surface area contributed by atoms with Gasteiger partial charge in [0.25, 0.3) is 0 Å². The van der Waals surface area contributed by atoms with Gasteiger partial charge >= 0.3 is 19.3 Å². The molecule has 0 amide bonds. The molecule has 1 aromatic rings. The largest absolute Gasteiger partial charge is 0.538 e. The number of rotatable bonds is 2. The molecular formula is C7H7ClMgO. The lowest BCUT2D eigenvalue weighted by molar-refractivity contribution is 0.415. The predicted molar refractivity (Wildman–Crippen MR) is 44.2 cm³/mol. The van der Waals surface area contributed by atoms with Crippen LogP contribution in [0.3, 0.4) is 0 Å². The Kier molecular flexibility index (Phi) is 3.32. The van der Waals surface area contributed by atoms with Gasteiger partial charge in [0.1, 0.15) is 5.75 Å². The van der Waals surface area contributed by atoms with Crippen LogP contribution in [0.25, 0.3) is 0 Å². The SMILES string of the molecule is COc1ccc[c]([Mg][Cl])c1. The fraction of sp³-hybridized carbons (Fsp3) is 0.143. The van der Waals surface area contributed by atoms with E-state index in [9.17, 15) is 0 Å². The van der Waals surface area contributed by atoms with Crippen LogP contribution < -0.4 is 8.43 Å². The zero-order valence-corrected chi connectivity index (χ0v) is 7.97. The van der Waals surface area contributed by atoms with Crippen LogP contribution in [0.1, 0.15) is 0 Å². The molecular weight excluding hydrogens is 160 g/mol. The van der Waals surface area contributed by atoms with Gasteiger partial charge in [0, 0.05) is 0 Å². The molecule has 0 radical (unpaired) electrons. The maximum atomic E-state index is 5.74. The Hall–Kier alpha value is 0.0762. The third kappa shape index (κ3) is 2.04. The number of hydrogen-bond acceptors (Lipinski definition) is 1. The van der Waals surface area contributed by atoms with E-state index in [1.807, 2.05) is 24.3 Å². The molecule has 0 aliphatic rings. The first-order valence-electron chi connectivity index (χ1n) is 3.05. The van der Waals surface area contributed by atoms with Crippen molar-refractivity contribution in [2.45, 2.75) is 0 Å². The van der Waals surface area contributed by atoms with E-state index >= 15 is 0 Å². The van der Waals surface area contributed by atoms with Crippen LogP contribution in [-0.4, -0.2) is 26.4 Å². The highest BCUT2D eigenvalue weighted by Gasteiger charge is 1.95. The van der Waals surface area contributed by atoms with Gasteiger partial charge in [-0.2, -0.15) is 0 Å². The Morgan fingerprint density at radius 2 is 2.30 bits per heavy atom. The molecule has 0 spiro atoms. The van der Waals surface area contributed by atoms with Crippen LogP contribution in [0, 0.1) is 0 Å². The Morgan fingerprint density at radius 3 is 2.90 bits per heavy atom. The second kappa shape index (κ2) is 4.06. The van der Waals surface area contributed by atoms with Crippen molar-refractivity contribution in [2.75, 3.05) is 7.11 Å². The average Bonchev–Trinajstić information content (AvgIpc) is 2.05. The Labute approximate surface area is 73.8 Å². The van der Waals surface area contributed by atoms with Gasteiger partial charge in [0.2, 0.25) is 0 Å². The minimum Gasteiger partial charge on any atom is -0.497 e. The van der Waals surface area contributed by atoms with Crippen molar-refractivity contribution >= 4 is 32.0 Å². The first kappa shape index (κ1) is 8.18. The first-order valence-corrected chi connectivity index (χ1v) is 5.90. The van der Waals surface area contributed by atoms with Crippen molar-refractivity contribution in [3.63, 3.8) is 0 Å². The van der Waals surface area contributed by atoms with Crippen LogP contribution in [0.5, 0.6) is 5.75 Å². The van der Waals surface area contributed by atoms with Crippen molar-refractivity contribution in [2.24, 2.45) is 0 Å². The number of hydrogen-bond donors (Lipinski definition) is 0. The van der Waals surface area contributed by atoms with Crippen molar-refractivity contribution in [3.05, 3.63) is 24.3 Å². The van der Waals surface area contributed by atoms with Crippen molar-refractivity contribution in [3.8, 4) is 5.75 Å². The van der Waals surface area contributed by atoms with Crippen LogP contribution >= 0.6 is 9.07 Å². The zero-order chi connectivity index (χ0) is 7.40. The average molecular weight is 167 g/mol. The molecule has 3 heteroatoms. The topological polar surface area (TPSA) is 9.23 Å². The third-order valence-electron chi connectivity index (χ3n) is 1.29. The van der Waals surface area contributed by atoms with Gasteiger partial charge in [-0.1, -0.05) is 12.1 Å². The number of methoxy groups -OCH3 is 1. The molecule has 10 heavy (non-hydrogen) atoms. The molecule has 0 heterocycles. The summed E-state index contributed by atoms with van der Waals surface area (Å²) in [7, 11) is 7.40. The second-order valence-electron chi connectivity index (χ2n) is 1.99. The highest BCUT2D eigenvalue weighted by Crippen LogP contribution is 2.04. The van der Waals surface area contributed by atoms with Crippen LogP contribution in [0.4, 0.5) is 0 Å². The highest BCUT2D eigenvalue weighted by molar-refractivity contribution is 7.01. The highest BCUT2D eigenvalue weighted by atomic mass is 35.5. The van der Waals surface area contributed by atoms with Gasteiger partial charge in [0.05, 0.1) is 7.11 Å². The number of ether oxygens (including phenoxy) is 1. The van der Waals surface area contributed by atoms with Gasteiger partial charge in [-0.3, -0.25) is 0 Å². The van der Waals surface area contributed by atoms with Crippen LogP contribution in [-0.2, 0) is 0 Å². The summed E-state index contributed by atoms with van der Waals surface area (Å²) in [6.45, 7) is 0. The third-order valence-corrected chi connectivity index (χ3v) is 2.96. The summed E-state index contributed by atoms with van der Waals surface area (Å²) in [5.41, 5.74) is 0. The maximum Gasteiger partial charge on any atom is 0.538 e. The lowest BCUT2D eigenvalue weighted by Gasteiger charge is -1.99. The lowest BCUT2D eigenvalue weighted by Crippen LogP contribution is -2.07. The molecule has 0 saturated heterocycles. The Bertz CT molecular complexity index is 195. The van der Waals surface area contributed by atoms with Crippen LogP contribution in [0.2, 0.25) is 0 Å². The van der Waals surface area contributed by atoms with Crippen LogP contribution in [0.15, 0.2) is 24.3 Å². The summed E-state index contributed by atoms with van der Waals surface area (Å²) in [6, 6.07) is 7.90. The minimum absolute atomic E-state index is 0.547. The zero-order valence-electron chi connectivity index (χ0n) is 5.80. The standard InChI is InChI=1S/C7H7O.ClH.Mg/c1-8-7-5-3-2-4-6-7;;/h2-3,5-6H,1H3;1H;/q;;+1/p-1. The molecule has 0 atom stereocenters. The monoisotopic (exact) mass is 166 g/mol. The van der Waals surface area contributed by atoms with E-state index in [-0.39, 0.29) is 0 Å². The molecule has 0 fully saturated rings. The Balaban J connectivity index is 2.87. The first-order chi connectivity index (χ1) is 4.86. The summed E-state index contributed by atoms with van der Waals surface area (Å²) < 4.78 is 6.24. The van der Waals surface area contributed by atoms with E-state index in [1.54, 1.807) is 7.11 Å². The van der Waals surface area contributed by atoms with Crippen molar-refractivity contribution in [1.29, 1.82) is 0 Å². The second-order valence-corrected chi connectivity index (χ2v) is 3.87. The quantitative estimate of drug-likeness (QED) is 0.600. The maximum absolute atomic E-state index is 5.74. The van der Waals surface area contributed by atoms with E-state index < -0.39 is 19.3 Å². The summed E-state index contributed by atoms with van der Waals surface area (Å²) >= 11 is -0.547. The van der Waals surface area contributed by atoms with E-state index in [2.05, 4.69) is 0 Å². The molecule has 0 N–H and O–H groups in total. The molecule has 0 bridgehead atoms. The fourth-order valence-corrected chi connectivity index (χ4v) is 1.76. The van der Waals surface area contributed by atoms with E-state index in [0.717, 1.165) is 5.75 Å². The summed E-state index contributed by atoms with van der Waals surface area (Å²) in [5.74, 6) is 0.894. The molecule has 0 aromatic heterocycles. The van der Waals surface area contributed by atoms with Gasteiger partial charge in [-0.05, 0) is 12.1 Å². The predicted octanol–water partition coefficient (Wildman–Crippen LogP) is 1.18. The fourth-order valence-electron chi connectivity index (χ4n) is 0.756. The molecule has 0 aliphatic heterocycles. The molecule has 0 unspecified atom stereocenters. The van der Waals surface area contributed by atoms with Crippen molar-refractivity contribution in [1.82, 2.24) is 0 Å². The number of benzene rings is 1. The van der Waals surface area contributed by atoms with Gasteiger partial charge in [-0.25, -0.2) is 0 Å². The summed E-state index contributed by atoms with van der Waals surface area (Å²) in [4.78, 5) is 0. The van der Waals surface area contributed by atoms with Gasteiger partial charge < -0.3 is 13.8 Å². The lowest BCUT2D eigenvalue weighted by atomic mass is 10.3. The number of halogens is 1. The Morgan fingerprint density at radius 1 is 1.50 bits per heavy atom. The molecule has 0 saturated carbocycles. The smallest absolute Gasteiger partial charge is 0.497 e. The van der Waals surface area contributed by atoms with Gasteiger partial charge in [-0.15, -0.1) is 3.69 Å². The molecule has 50 valence electrons. The molecule has 1 nitrogen and oxygen atoms in total. The van der Waals surface area contributed by atoms with E-state index in [4.69, 9.17) is 13.8 Å². The van der Waals surface area contributed by atoms with Crippen molar-refractivity contribution < 1.29 is 4.74 Å². The van der Waals surface area contributed by atoms with E-state index in [1.165, 1.54) is 3.69 Å². The molecule has 0 aliphatic carbocycles. The summed E-state index contributed by atoms with van der Waals surface area (Å²) in [6.07, 6.45) is 0. The molecule has 1 rings (SSSR count).